The van der Waals surface area contributed by atoms with Gasteiger partial charge in [-0.1, -0.05) is 20.8 Å². The third kappa shape index (κ3) is 6.23. The molecule has 0 N–H and O–H groups in total. The molecule has 0 aliphatic rings. The number of alkyl halides is 2. The topological polar surface area (TPSA) is 9.23 Å². The van der Waals surface area contributed by atoms with Gasteiger partial charge in [0.15, 0.2) is 0 Å². The van der Waals surface area contributed by atoms with E-state index in [1.165, 1.54) is 0 Å². The summed E-state index contributed by atoms with van der Waals surface area (Å²) in [6.07, 6.45) is 0.710. The first-order valence-electron chi connectivity index (χ1n) is 3.93. The number of hydrogen-bond donors (Lipinski definition) is 0. The summed E-state index contributed by atoms with van der Waals surface area (Å²) in [6, 6.07) is 0. The van der Waals surface area contributed by atoms with Crippen LogP contribution in [0.3, 0.4) is 0 Å². The van der Waals surface area contributed by atoms with Crippen LogP contribution in [0.15, 0.2) is 0 Å². The van der Waals surface area contributed by atoms with Crippen molar-refractivity contribution in [2.24, 2.45) is 11.8 Å². The fraction of sp³-hybridized carbons (Fsp3) is 1.00. The minimum atomic E-state index is -2.62. The van der Waals surface area contributed by atoms with Gasteiger partial charge in [-0.15, -0.1) is 0 Å². The number of hydrogen-bond acceptors (Lipinski definition) is 1. The Balaban J connectivity index is 3.24. The van der Waals surface area contributed by atoms with Gasteiger partial charge in [-0.2, -0.15) is 8.78 Å². The van der Waals surface area contributed by atoms with E-state index in [9.17, 15) is 8.78 Å². The zero-order chi connectivity index (χ0) is 8.85. The van der Waals surface area contributed by atoms with Crippen LogP contribution >= 0.6 is 0 Å². The Morgan fingerprint density at radius 3 is 2.09 bits per heavy atom. The molecule has 0 saturated heterocycles. The average Bonchev–Trinajstić information content (AvgIpc) is 1.86. The van der Waals surface area contributed by atoms with E-state index in [2.05, 4.69) is 18.6 Å². The second-order valence-electron chi connectivity index (χ2n) is 3.14. The third-order valence-corrected chi connectivity index (χ3v) is 1.96. The average molecular weight is 166 g/mol. The maximum Gasteiger partial charge on any atom is 0.345 e. The predicted octanol–water partition coefficient (Wildman–Crippen LogP) is 2.91. The monoisotopic (exact) mass is 166 g/mol. The normalized spacial score (nSPS) is 14.5. The molecule has 1 unspecified atom stereocenters. The molecule has 3 heteroatoms. The van der Waals surface area contributed by atoms with E-state index < -0.39 is 6.61 Å². The number of rotatable bonds is 5. The third-order valence-electron chi connectivity index (χ3n) is 1.96. The highest BCUT2D eigenvalue weighted by atomic mass is 19.3. The van der Waals surface area contributed by atoms with Crippen molar-refractivity contribution in [3.05, 3.63) is 0 Å². The van der Waals surface area contributed by atoms with Crippen molar-refractivity contribution in [1.29, 1.82) is 0 Å². The van der Waals surface area contributed by atoms with Gasteiger partial charge in [0.25, 0.3) is 0 Å². The molecule has 0 rings (SSSR count). The van der Waals surface area contributed by atoms with Crippen LogP contribution in [0.25, 0.3) is 0 Å². The highest BCUT2D eigenvalue weighted by Gasteiger charge is 2.08. The Labute approximate surface area is 66.7 Å². The van der Waals surface area contributed by atoms with Gasteiger partial charge in [-0.05, 0) is 18.3 Å². The molecule has 0 heterocycles. The van der Waals surface area contributed by atoms with Crippen molar-refractivity contribution in [3.63, 3.8) is 0 Å². The van der Waals surface area contributed by atoms with E-state index in [1.807, 2.05) is 6.92 Å². The Morgan fingerprint density at radius 2 is 1.73 bits per heavy atom. The Morgan fingerprint density at radius 1 is 1.18 bits per heavy atom. The van der Waals surface area contributed by atoms with Crippen LogP contribution in [-0.2, 0) is 4.74 Å². The van der Waals surface area contributed by atoms with E-state index >= 15 is 0 Å². The maximum atomic E-state index is 11.5. The van der Waals surface area contributed by atoms with Gasteiger partial charge < -0.3 is 4.74 Å². The second-order valence-corrected chi connectivity index (χ2v) is 3.14. The molecule has 11 heavy (non-hydrogen) atoms. The van der Waals surface area contributed by atoms with Crippen molar-refractivity contribution in [3.8, 4) is 0 Å². The lowest BCUT2D eigenvalue weighted by Gasteiger charge is -2.14. The fourth-order valence-corrected chi connectivity index (χ4v) is 0.676. The minimum absolute atomic E-state index is 0.164. The molecule has 1 nitrogen and oxygen atoms in total. The summed E-state index contributed by atoms with van der Waals surface area (Å²) in [7, 11) is 0. The van der Waals surface area contributed by atoms with Crippen LogP contribution in [0.1, 0.15) is 27.2 Å². The first-order chi connectivity index (χ1) is 5.04. The molecular weight excluding hydrogens is 150 g/mol. The van der Waals surface area contributed by atoms with Crippen LogP contribution in [0.5, 0.6) is 0 Å². The number of ether oxygens (including phenoxy) is 1. The summed E-state index contributed by atoms with van der Waals surface area (Å²) in [5.41, 5.74) is 0. The quantitative estimate of drug-likeness (QED) is 0.610. The SMILES string of the molecule is CC(C)C(C)CCOC(F)F. The zero-order valence-corrected chi connectivity index (χ0v) is 7.31. The van der Waals surface area contributed by atoms with Crippen molar-refractivity contribution in [2.75, 3.05) is 6.61 Å². The summed E-state index contributed by atoms with van der Waals surface area (Å²) in [5, 5.41) is 0. The molecular formula is C8H16F2O. The Hall–Kier alpha value is -0.180. The zero-order valence-electron chi connectivity index (χ0n) is 7.31. The molecule has 1 atom stereocenters. The van der Waals surface area contributed by atoms with Crippen LogP contribution in [0, 0.1) is 11.8 Å². The summed E-state index contributed by atoms with van der Waals surface area (Å²) in [4.78, 5) is 0. The van der Waals surface area contributed by atoms with E-state index in [0.717, 1.165) is 0 Å². The van der Waals surface area contributed by atoms with Gasteiger partial charge in [-0.25, -0.2) is 0 Å². The molecule has 0 radical (unpaired) electrons. The minimum Gasteiger partial charge on any atom is -0.323 e. The van der Waals surface area contributed by atoms with Gasteiger partial charge in [0, 0.05) is 0 Å². The van der Waals surface area contributed by atoms with Crippen LogP contribution in [0.2, 0.25) is 0 Å². The molecule has 0 aliphatic heterocycles. The molecule has 0 spiro atoms. The lowest BCUT2D eigenvalue weighted by atomic mass is 9.95. The lowest BCUT2D eigenvalue weighted by molar-refractivity contribution is -0.131. The fourth-order valence-electron chi connectivity index (χ4n) is 0.676. The maximum absolute atomic E-state index is 11.5. The smallest absolute Gasteiger partial charge is 0.323 e. The van der Waals surface area contributed by atoms with Crippen molar-refractivity contribution >= 4 is 0 Å². The molecule has 0 amide bonds. The number of halogens is 2. The van der Waals surface area contributed by atoms with Crippen LogP contribution in [-0.4, -0.2) is 13.2 Å². The van der Waals surface area contributed by atoms with Gasteiger partial charge in [-0.3, -0.25) is 0 Å². The largest absolute Gasteiger partial charge is 0.345 e. The predicted molar refractivity (Wildman–Crippen MR) is 40.6 cm³/mol. The molecule has 0 aromatic carbocycles. The van der Waals surface area contributed by atoms with Crippen LogP contribution in [0.4, 0.5) is 8.78 Å². The van der Waals surface area contributed by atoms with Gasteiger partial charge in [0.1, 0.15) is 0 Å². The highest BCUT2D eigenvalue weighted by Crippen LogP contribution is 2.14. The second kappa shape index (κ2) is 5.47. The Kier molecular flexibility index (Phi) is 5.38. The lowest BCUT2D eigenvalue weighted by Crippen LogP contribution is -2.09. The first-order valence-corrected chi connectivity index (χ1v) is 3.93. The summed E-state index contributed by atoms with van der Waals surface area (Å²) < 4.78 is 27.1. The highest BCUT2D eigenvalue weighted by molar-refractivity contribution is 4.55. The van der Waals surface area contributed by atoms with E-state index in [-0.39, 0.29) is 6.61 Å². The molecule has 0 aromatic heterocycles. The first kappa shape index (κ1) is 10.8. The van der Waals surface area contributed by atoms with E-state index in [4.69, 9.17) is 0 Å². The van der Waals surface area contributed by atoms with Crippen LogP contribution < -0.4 is 0 Å². The molecule has 0 bridgehead atoms. The van der Waals surface area contributed by atoms with E-state index in [1.54, 1.807) is 0 Å². The Bertz CT molecular complexity index is 94.1. The molecule has 68 valence electrons. The summed E-state index contributed by atoms with van der Waals surface area (Å²) in [5.74, 6) is 0.991. The summed E-state index contributed by atoms with van der Waals surface area (Å²) in [6.45, 7) is 3.74. The van der Waals surface area contributed by atoms with Crippen molar-refractivity contribution in [2.45, 2.75) is 33.8 Å². The van der Waals surface area contributed by atoms with Gasteiger partial charge in [0.05, 0.1) is 6.61 Å². The molecule has 0 fully saturated rings. The standard InChI is InChI=1S/C8H16F2O/c1-6(2)7(3)4-5-11-8(9)10/h6-8H,4-5H2,1-3H3. The van der Waals surface area contributed by atoms with Gasteiger partial charge >= 0.3 is 6.61 Å². The van der Waals surface area contributed by atoms with E-state index in [0.29, 0.717) is 18.3 Å². The molecule has 0 aromatic rings. The summed E-state index contributed by atoms with van der Waals surface area (Å²) >= 11 is 0. The van der Waals surface area contributed by atoms with Crippen molar-refractivity contribution < 1.29 is 13.5 Å². The van der Waals surface area contributed by atoms with Gasteiger partial charge in [0.2, 0.25) is 0 Å². The molecule has 0 saturated carbocycles. The molecule has 0 aliphatic carbocycles. The van der Waals surface area contributed by atoms with Crippen molar-refractivity contribution in [1.82, 2.24) is 0 Å².